The Balaban J connectivity index is 1.73. The number of aromatic nitrogens is 5. The van der Waals surface area contributed by atoms with Crippen LogP contribution in [0.3, 0.4) is 0 Å². The summed E-state index contributed by atoms with van der Waals surface area (Å²) >= 11 is 0. The van der Waals surface area contributed by atoms with Gasteiger partial charge in [-0.1, -0.05) is 5.21 Å². The van der Waals surface area contributed by atoms with Gasteiger partial charge in [-0.05, 0) is 26.7 Å². The van der Waals surface area contributed by atoms with E-state index in [4.69, 9.17) is 4.74 Å². The monoisotopic (exact) mass is 292 g/mol. The molecule has 2 aromatic heterocycles. The molecular weight excluding hydrogens is 268 g/mol. The third-order valence-electron chi connectivity index (χ3n) is 3.11. The molecule has 7 heteroatoms. The molecule has 116 valence electrons. The third kappa shape index (κ3) is 5.18. The van der Waals surface area contributed by atoms with Crippen molar-refractivity contribution in [2.24, 2.45) is 0 Å². The minimum absolute atomic E-state index is 0.774. The fourth-order valence-electron chi connectivity index (χ4n) is 2.13. The number of nitrogens with zero attached hydrogens (tertiary/aromatic N) is 5. The maximum Gasteiger partial charge on any atom is 0.203 e. The summed E-state index contributed by atoms with van der Waals surface area (Å²) in [5.74, 6) is 0.933. The van der Waals surface area contributed by atoms with Crippen molar-refractivity contribution in [1.82, 2.24) is 24.5 Å². The smallest absolute Gasteiger partial charge is 0.203 e. The molecule has 0 fully saturated rings. The molecule has 0 atom stereocenters. The van der Waals surface area contributed by atoms with E-state index in [2.05, 4.69) is 31.4 Å². The molecule has 0 spiro atoms. The molecule has 0 aliphatic heterocycles. The first-order chi connectivity index (χ1) is 10.3. The van der Waals surface area contributed by atoms with Crippen LogP contribution in [-0.2, 0) is 17.8 Å². The van der Waals surface area contributed by atoms with Gasteiger partial charge in [0.1, 0.15) is 0 Å². The van der Waals surface area contributed by atoms with Crippen LogP contribution in [0.4, 0.5) is 5.95 Å². The number of anilines is 1. The Hall–Kier alpha value is -1.89. The molecule has 2 aromatic rings. The fraction of sp³-hybridized carbons (Fsp3) is 0.643. The molecule has 21 heavy (non-hydrogen) atoms. The van der Waals surface area contributed by atoms with Gasteiger partial charge in [-0.2, -0.15) is 0 Å². The number of rotatable bonds is 10. The quantitative estimate of drug-likeness (QED) is 0.675. The summed E-state index contributed by atoms with van der Waals surface area (Å²) in [6.07, 6.45) is 7.62. The van der Waals surface area contributed by atoms with E-state index in [1.54, 1.807) is 6.20 Å². The van der Waals surface area contributed by atoms with E-state index in [9.17, 15) is 0 Å². The van der Waals surface area contributed by atoms with Gasteiger partial charge < -0.3 is 14.6 Å². The van der Waals surface area contributed by atoms with Crippen LogP contribution in [0, 0.1) is 6.92 Å². The average molecular weight is 292 g/mol. The summed E-state index contributed by atoms with van der Waals surface area (Å²) in [5.41, 5.74) is 1.03. The predicted molar refractivity (Wildman–Crippen MR) is 81.2 cm³/mol. The Bertz CT molecular complexity index is 508. The zero-order valence-corrected chi connectivity index (χ0v) is 12.8. The summed E-state index contributed by atoms with van der Waals surface area (Å²) in [5, 5.41) is 11.1. The maximum absolute atomic E-state index is 5.37. The highest BCUT2D eigenvalue weighted by Gasteiger charge is 2.04. The molecule has 0 saturated heterocycles. The van der Waals surface area contributed by atoms with Crippen LogP contribution in [0.5, 0.6) is 0 Å². The van der Waals surface area contributed by atoms with Crippen LogP contribution in [0.25, 0.3) is 0 Å². The van der Waals surface area contributed by atoms with Crippen molar-refractivity contribution in [3.63, 3.8) is 0 Å². The molecule has 0 aliphatic carbocycles. The second-order valence-corrected chi connectivity index (χ2v) is 4.90. The van der Waals surface area contributed by atoms with Gasteiger partial charge in [-0.15, -0.1) is 5.10 Å². The standard InChI is InChI=1S/C14H24N6O/c1-3-21-11-5-8-19-12-13(2)17-14(19)15-6-4-9-20-10-7-16-18-20/h7,10,12H,3-6,8-9,11H2,1-2H3,(H,15,17). The van der Waals surface area contributed by atoms with Crippen LogP contribution in [0.15, 0.2) is 18.6 Å². The molecule has 0 aliphatic rings. The van der Waals surface area contributed by atoms with E-state index < -0.39 is 0 Å². The van der Waals surface area contributed by atoms with Crippen molar-refractivity contribution in [2.75, 3.05) is 25.1 Å². The molecule has 0 amide bonds. The van der Waals surface area contributed by atoms with Crippen LogP contribution in [0.2, 0.25) is 0 Å². The molecular formula is C14H24N6O. The summed E-state index contributed by atoms with van der Waals surface area (Å²) in [6, 6.07) is 0. The van der Waals surface area contributed by atoms with Crippen molar-refractivity contribution >= 4 is 5.95 Å². The molecule has 0 bridgehead atoms. The molecule has 0 radical (unpaired) electrons. The molecule has 1 N–H and O–H groups in total. The Morgan fingerprint density at radius 3 is 2.95 bits per heavy atom. The molecule has 2 heterocycles. The zero-order chi connectivity index (χ0) is 14.9. The summed E-state index contributed by atoms with van der Waals surface area (Å²) in [4.78, 5) is 4.52. The lowest BCUT2D eigenvalue weighted by Gasteiger charge is -2.09. The van der Waals surface area contributed by atoms with Gasteiger partial charge in [0.25, 0.3) is 0 Å². The lowest BCUT2D eigenvalue weighted by molar-refractivity contribution is 0.142. The highest BCUT2D eigenvalue weighted by Crippen LogP contribution is 2.09. The second-order valence-electron chi connectivity index (χ2n) is 4.90. The van der Waals surface area contributed by atoms with Gasteiger partial charge in [0.15, 0.2) is 0 Å². The van der Waals surface area contributed by atoms with E-state index in [1.165, 1.54) is 0 Å². The van der Waals surface area contributed by atoms with Crippen molar-refractivity contribution in [3.8, 4) is 0 Å². The van der Waals surface area contributed by atoms with Crippen molar-refractivity contribution < 1.29 is 4.74 Å². The number of imidazole rings is 1. The predicted octanol–water partition coefficient (Wildman–Crippen LogP) is 1.71. The van der Waals surface area contributed by atoms with E-state index >= 15 is 0 Å². The minimum Gasteiger partial charge on any atom is -0.382 e. The van der Waals surface area contributed by atoms with Crippen molar-refractivity contribution in [2.45, 2.75) is 39.8 Å². The van der Waals surface area contributed by atoms with Crippen LogP contribution in [-0.4, -0.2) is 44.3 Å². The lowest BCUT2D eigenvalue weighted by Crippen LogP contribution is -2.12. The van der Waals surface area contributed by atoms with E-state index in [0.717, 1.165) is 57.3 Å². The van der Waals surface area contributed by atoms with Gasteiger partial charge in [0, 0.05) is 45.2 Å². The SMILES string of the molecule is CCOCCCn1cc(C)nc1NCCCn1ccnn1. The van der Waals surface area contributed by atoms with Crippen molar-refractivity contribution in [3.05, 3.63) is 24.3 Å². The van der Waals surface area contributed by atoms with Gasteiger partial charge >= 0.3 is 0 Å². The van der Waals surface area contributed by atoms with E-state index in [-0.39, 0.29) is 0 Å². The van der Waals surface area contributed by atoms with Crippen molar-refractivity contribution in [1.29, 1.82) is 0 Å². The van der Waals surface area contributed by atoms with E-state index in [0.29, 0.717) is 0 Å². The Morgan fingerprint density at radius 1 is 1.29 bits per heavy atom. The largest absolute Gasteiger partial charge is 0.382 e. The first kappa shape index (κ1) is 15.5. The van der Waals surface area contributed by atoms with Crippen LogP contribution < -0.4 is 5.32 Å². The number of hydrogen-bond donors (Lipinski definition) is 1. The Labute approximate surface area is 125 Å². The normalized spacial score (nSPS) is 11.0. The molecule has 2 rings (SSSR count). The Morgan fingerprint density at radius 2 is 2.19 bits per heavy atom. The van der Waals surface area contributed by atoms with Gasteiger partial charge in [0.05, 0.1) is 11.9 Å². The number of hydrogen-bond acceptors (Lipinski definition) is 5. The number of ether oxygens (including phenoxy) is 1. The highest BCUT2D eigenvalue weighted by molar-refractivity contribution is 5.28. The topological polar surface area (TPSA) is 69.8 Å². The lowest BCUT2D eigenvalue weighted by atomic mass is 10.4. The van der Waals surface area contributed by atoms with Crippen LogP contribution >= 0.6 is 0 Å². The zero-order valence-electron chi connectivity index (χ0n) is 12.8. The number of nitrogens with one attached hydrogen (secondary N) is 1. The highest BCUT2D eigenvalue weighted by atomic mass is 16.5. The van der Waals surface area contributed by atoms with Crippen LogP contribution in [0.1, 0.15) is 25.5 Å². The first-order valence-electron chi connectivity index (χ1n) is 7.49. The molecule has 0 unspecified atom stereocenters. The van der Waals surface area contributed by atoms with Gasteiger partial charge in [-0.25, -0.2) is 4.98 Å². The third-order valence-corrected chi connectivity index (χ3v) is 3.11. The maximum atomic E-state index is 5.37. The second kappa shape index (κ2) is 8.41. The first-order valence-corrected chi connectivity index (χ1v) is 7.49. The molecule has 0 saturated carbocycles. The minimum atomic E-state index is 0.774. The average Bonchev–Trinajstić information content (AvgIpc) is 3.10. The fourth-order valence-corrected chi connectivity index (χ4v) is 2.13. The van der Waals surface area contributed by atoms with E-state index in [1.807, 2.05) is 24.7 Å². The summed E-state index contributed by atoms with van der Waals surface area (Å²) < 4.78 is 9.36. The Kier molecular flexibility index (Phi) is 6.21. The number of aryl methyl sites for hydroxylation is 3. The molecule has 7 nitrogen and oxygen atoms in total. The summed E-state index contributed by atoms with van der Waals surface area (Å²) in [7, 11) is 0. The summed E-state index contributed by atoms with van der Waals surface area (Å²) in [6.45, 7) is 8.24. The van der Waals surface area contributed by atoms with Gasteiger partial charge in [0.2, 0.25) is 5.95 Å². The molecule has 0 aromatic carbocycles. The van der Waals surface area contributed by atoms with Gasteiger partial charge in [-0.3, -0.25) is 4.68 Å².